The quantitative estimate of drug-likeness (QED) is 0.774. The van der Waals surface area contributed by atoms with Gasteiger partial charge in [0.2, 0.25) is 0 Å². The first-order valence-electron chi connectivity index (χ1n) is 5.88. The Labute approximate surface area is 93.4 Å². The van der Waals surface area contributed by atoms with Crippen LogP contribution in [-0.2, 0) is 4.74 Å². The molecular weight excluding hydrogens is 190 g/mol. The smallest absolute Gasteiger partial charge is 0.0757 e. The van der Waals surface area contributed by atoms with E-state index in [1.54, 1.807) is 0 Å². The topological polar surface area (TPSA) is 32.7 Å². The molecule has 0 bridgehead atoms. The Hall–Kier alpha value is -0.120. The molecule has 2 unspecified atom stereocenters. The third-order valence-corrected chi connectivity index (χ3v) is 2.85. The van der Waals surface area contributed by atoms with Crippen LogP contribution in [0.4, 0.5) is 0 Å². The van der Waals surface area contributed by atoms with E-state index in [2.05, 4.69) is 39.5 Å². The van der Waals surface area contributed by atoms with E-state index < -0.39 is 0 Å². The van der Waals surface area contributed by atoms with E-state index in [1.165, 1.54) is 0 Å². The first kappa shape index (κ1) is 12.9. The lowest BCUT2D eigenvalue weighted by Crippen LogP contribution is -2.53. The molecule has 0 spiro atoms. The Bertz CT molecular complexity index is 204. The molecule has 90 valence electrons. The highest BCUT2D eigenvalue weighted by Crippen LogP contribution is 2.21. The summed E-state index contributed by atoms with van der Waals surface area (Å²) in [6.45, 7) is 13.0. The molecule has 0 aromatic carbocycles. The Kier molecular flexibility index (Phi) is 4.15. The average molecular weight is 215 g/mol. The molecule has 1 fully saturated rings. The first-order chi connectivity index (χ1) is 6.80. The van der Waals surface area contributed by atoms with E-state index in [1.807, 2.05) is 0 Å². The van der Waals surface area contributed by atoms with E-state index in [4.69, 9.17) is 4.74 Å². The molecule has 0 aromatic heterocycles. The Morgan fingerprint density at radius 3 is 2.53 bits per heavy atom. The Morgan fingerprint density at radius 1 is 1.47 bits per heavy atom. The summed E-state index contributed by atoms with van der Waals surface area (Å²) < 4.78 is 5.82. The van der Waals surface area contributed by atoms with Crippen molar-refractivity contribution in [1.29, 1.82) is 0 Å². The van der Waals surface area contributed by atoms with Crippen molar-refractivity contribution in [3.8, 4) is 0 Å². The number of rotatable bonds is 3. The van der Waals surface area contributed by atoms with E-state index in [0.29, 0.717) is 5.92 Å². The summed E-state index contributed by atoms with van der Waals surface area (Å²) >= 11 is 0. The van der Waals surface area contributed by atoms with Crippen molar-refractivity contribution in [2.45, 2.75) is 52.4 Å². The fraction of sp³-hybridized carbons (Fsp3) is 1.00. The van der Waals surface area contributed by atoms with Gasteiger partial charge < -0.3 is 9.84 Å². The van der Waals surface area contributed by atoms with Crippen LogP contribution in [0, 0.1) is 5.92 Å². The minimum Gasteiger partial charge on any atom is -0.392 e. The lowest BCUT2D eigenvalue weighted by molar-refractivity contribution is -0.135. The predicted molar refractivity (Wildman–Crippen MR) is 61.9 cm³/mol. The summed E-state index contributed by atoms with van der Waals surface area (Å²) in [5.74, 6) is 0.325. The summed E-state index contributed by atoms with van der Waals surface area (Å²) in [5.41, 5.74) is -0.0889. The maximum absolute atomic E-state index is 9.85. The van der Waals surface area contributed by atoms with Crippen molar-refractivity contribution in [1.82, 2.24) is 4.90 Å². The SMILES string of the molecule is CC1CN(CC(O)C(C)C)CC(C)(C)O1. The highest BCUT2D eigenvalue weighted by Gasteiger charge is 2.32. The molecule has 1 heterocycles. The fourth-order valence-electron chi connectivity index (χ4n) is 2.20. The van der Waals surface area contributed by atoms with Crippen molar-refractivity contribution >= 4 is 0 Å². The standard InChI is InChI=1S/C12H25NO2/c1-9(2)11(14)7-13-6-10(3)15-12(4,5)8-13/h9-11,14H,6-8H2,1-5H3. The molecule has 0 radical (unpaired) electrons. The Morgan fingerprint density at radius 2 is 2.07 bits per heavy atom. The third-order valence-electron chi connectivity index (χ3n) is 2.85. The number of β-amino-alcohol motifs (C(OH)–C–C–N with tert-alkyl or cyclic N) is 1. The maximum atomic E-state index is 9.85. The van der Waals surface area contributed by atoms with Gasteiger partial charge in [0.05, 0.1) is 17.8 Å². The van der Waals surface area contributed by atoms with Crippen LogP contribution in [0.3, 0.4) is 0 Å². The van der Waals surface area contributed by atoms with Crippen LogP contribution >= 0.6 is 0 Å². The Balaban J connectivity index is 2.48. The van der Waals surface area contributed by atoms with Gasteiger partial charge >= 0.3 is 0 Å². The second kappa shape index (κ2) is 4.81. The van der Waals surface area contributed by atoms with Gasteiger partial charge in [-0.25, -0.2) is 0 Å². The monoisotopic (exact) mass is 215 g/mol. The zero-order valence-corrected chi connectivity index (χ0v) is 10.7. The summed E-state index contributed by atoms with van der Waals surface area (Å²) in [6, 6.07) is 0. The largest absolute Gasteiger partial charge is 0.392 e. The molecule has 0 aliphatic carbocycles. The van der Waals surface area contributed by atoms with Crippen molar-refractivity contribution in [3.05, 3.63) is 0 Å². The molecule has 0 saturated carbocycles. The van der Waals surface area contributed by atoms with E-state index in [-0.39, 0.29) is 17.8 Å². The number of hydrogen-bond donors (Lipinski definition) is 1. The van der Waals surface area contributed by atoms with Gasteiger partial charge in [0.1, 0.15) is 0 Å². The highest BCUT2D eigenvalue weighted by molar-refractivity contribution is 4.83. The maximum Gasteiger partial charge on any atom is 0.0757 e. The molecule has 1 N–H and O–H groups in total. The van der Waals surface area contributed by atoms with Gasteiger partial charge in [0.15, 0.2) is 0 Å². The van der Waals surface area contributed by atoms with Crippen LogP contribution in [0.5, 0.6) is 0 Å². The minimum atomic E-state index is -0.230. The molecule has 1 aliphatic heterocycles. The molecule has 0 amide bonds. The highest BCUT2D eigenvalue weighted by atomic mass is 16.5. The van der Waals surface area contributed by atoms with E-state index in [0.717, 1.165) is 19.6 Å². The normalized spacial score (nSPS) is 29.4. The lowest BCUT2D eigenvalue weighted by Gasteiger charge is -2.42. The molecular formula is C12H25NO2. The zero-order chi connectivity index (χ0) is 11.6. The van der Waals surface area contributed by atoms with Crippen LogP contribution in [0.1, 0.15) is 34.6 Å². The number of aliphatic hydroxyl groups is 1. The summed E-state index contributed by atoms with van der Waals surface area (Å²) in [4.78, 5) is 2.30. The molecule has 1 rings (SSSR count). The fourth-order valence-corrected chi connectivity index (χ4v) is 2.20. The van der Waals surface area contributed by atoms with E-state index >= 15 is 0 Å². The van der Waals surface area contributed by atoms with E-state index in [9.17, 15) is 5.11 Å². The van der Waals surface area contributed by atoms with Crippen molar-refractivity contribution in [2.24, 2.45) is 5.92 Å². The van der Waals surface area contributed by atoms with Crippen LogP contribution < -0.4 is 0 Å². The summed E-state index contributed by atoms with van der Waals surface area (Å²) in [7, 11) is 0. The summed E-state index contributed by atoms with van der Waals surface area (Å²) in [6.07, 6.45) is 0.0270. The zero-order valence-electron chi connectivity index (χ0n) is 10.7. The number of hydrogen-bond acceptors (Lipinski definition) is 3. The molecule has 3 nitrogen and oxygen atoms in total. The second-order valence-electron chi connectivity index (χ2n) is 5.69. The van der Waals surface area contributed by atoms with Crippen LogP contribution in [0.2, 0.25) is 0 Å². The van der Waals surface area contributed by atoms with Gasteiger partial charge in [-0.1, -0.05) is 13.8 Å². The molecule has 1 aliphatic rings. The summed E-state index contributed by atoms with van der Waals surface area (Å²) in [5, 5.41) is 9.85. The lowest BCUT2D eigenvalue weighted by atomic mass is 10.0. The predicted octanol–water partition coefficient (Wildman–Crippen LogP) is 1.50. The molecule has 3 heteroatoms. The van der Waals surface area contributed by atoms with Gasteiger partial charge in [-0.2, -0.15) is 0 Å². The van der Waals surface area contributed by atoms with Gasteiger partial charge in [0, 0.05) is 19.6 Å². The molecule has 1 saturated heterocycles. The molecule has 0 aromatic rings. The van der Waals surface area contributed by atoms with Crippen LogP contribution in [0.15, 0.2) is 0 Å². The number of ether oxygens (including phenoxy) is 1. The number of aliphatic hydroxyl groups excluding tert-OH is 1. The second-order valence-corrected chi connectivity index (χ2v) is 5.69. The average Bonchev–Trinajstić information content (AvgIpc) is 1.99. The van der Waals surface area contributed by atoms with Gasteiger partial charge in [-0.3, -0.25) is 4.90 Å². The van der Waals surface area contributed by atoms with Crippen LogP contribution in [-0.4, -0.2) is 47.4 Å². The molecule has 15 heavy (non-hydrogen) atoms. The van der Waals surface area contributed by atoms with Crippen molar-refractivity contribution in [3.63, 3.8) is 0 Å². The van der Waals surface area contributed by atoms with Crippen molar-refractivity contribution < 1.29 is 9.84 Å². The first-order valence-corrected chi connectivity index (χ1v) is 5.88. The van der Waals surface area contributed by atoms with Crippen molar-refractivity contribution in [2.75, 3.05) is 19.6 Å². The van der Waals surface area contributed by atoms with Gasteiger partial charge in [-0.05, 0) is 26.7 Å². The van der Waals surface area contributed by atoms with Crippen LogP contribution in [0.25, 0.3) is 0 Å². The molecule has 2 atom stereocenters. The number of morpholine rings is 1. The van der Waals surface area contributed by atoms with Gasteiger partial charge in [-0.15, -0.1) is 0 Å². The minimum absolute atomic E-state index is 0.0889. The number of nitrogens with zero attached hydrogens (tertiary/aromatic N) is 1. The third kappa shape index (κ3) is 4.09. The van der Waals surface area contributed by atoms with Gasteiger partial charge in [0.25, 0.3) is 0 Å².